The second-order valence-electron chi connectivity index (χ2n) is 8.13. The summed E-state index contributed by atoms with van der Waals surface area (Å²) >= 11 is 0. The van der Waals surface area contributed by atoms with Gasteiger partial charge in [-0.1, -0.05) is 24.3 Å². The maximum absolute atomic E-state index is 13.5. The number of methoxy groups -OCH3 is 2. The monoisotopic (exact) mass is 448 g/mol. The van der Waals surface area contributed by atoms with E-state index < -0.39 is 16.8 Å². The number of hydrogen-bond donors (Lipinski definition) is 1. The Morgan fingerprint density at radius 2 is 1.82 bits per heavy atom. The Hall–Kier alpha value is -3.94. The smallest absolute Gasteiger partial charge is 0.336 e. The number of ketones is 1. The van der Waals surface area contributed by atoms with E-state index in [1.54, 1.807) is 26.2 Å². The minimum atomic E-state index is -0.738. The fourth-order valence-electron chi connectivity index (χ4n) is 4.68. The number of carbonyl (C=O) groups is 2. The molecular weight excluding hydrogens is 424 g/mol. The number of nitro groups is 1. The Labute approximate surface area is 191 Å². The number of non-ortho nitro benzene ring substituents is 1. The average Bonchev–Trinajstić information content (AvgIpc) is 2.82. The highest BCUT2D eigenvalue weighted by molar-refractivity contribution is 6.04. The van der Waals surface area contributed by atoms with Crippen LogP contribution in [0.1, 0.15) is 42.7 Å². The standard InChI is InChI=1S/C25H24N2O6/c1-14-22(25(29)33-3)23(16-5-4-6-18(11-16)27(30)31)24-20(26-14)12-17(13-21(24)28)15-7-9-19(32-2)10-8-15/h4-11,17,23,26H,12-13H2,1-3H3/t17-,23+/m0/s1. The van der Waals surface area contributed by atoms with Gasteiger partial charge in [-0.2, -0.15) is 0 Å². The quantitative estimate of drug-likeness (QED) is 0.416. The van der Waals surface area contributed by atoms with E-state index in [1.807, 2.05) is 24.3 Å². The summed E-state index contributed by atoms with van der Waals surface area (Å²) in [6, 6.07) is 13.7. The number of nitro benzene ring substituents is 1. The van der Waals surface area contributed by atoms with E-state index in [-0.39, 0.29) is 29.4 Å². The maximum Gasteiger partial charge on any atom is 0.336 e. The van der Waals surface area contributed by atoms with Gasteiger partial charge in [0.2, 0.25) is 0 Å². The molecule has 0 radical (unpaired) electrons. The van der Waals surface area contributed by atoms with Crippen molar-refractivity contribution in [2.45, 2.75) is 31.6 Å². The second-order valence-corrected chi connectivity index (χ2v) is 8.13. The summed E-state index contributed by atoms with van der Waals surface area (Å²) in [6.45, 7) is 1.75. The highest BCUT2D eigenvalue weighted by Crippen LogP contribution is 2.46. The predicted molar refractivity (Wildman–Crippen MR) is 121 cm³/mol. The average molecular weight is 448 g/mol. The summed E-state index contributed by atoms with van der Waals surface area (Å²) in [6.07, 6.45) is 0.844. The number of allylic oxidation sites excluding steroid dienone is 3. The van der Waals surface area contributed by atoms with Gasteiger partial charge in [0.1, 0.15) is 5.75 Å². The molecule has 0 aromatic heterocycles. The van der Waals surface area contributed by atoms with Crippen molar-refractivity contribution < 1.29 is 24.0 Å². The normalized spacial score (nSPS) is 20.2. The van der Waals surface area contributed by atoms with Crippen LogP contribution in [0, 0.1) is 10.1 Å². The van der Waals surface area contributed by atoms with Crippen LogP contribution in [0.5, 0.6) is 5.75 Å². The van der Waals surface area contributed by atoms with Gasteiger partial charge in [0.15, 0.2) is 5.78 Å². The molecule has 8 heteroatoms. The Bertz CT molecular complexity index is 1200. The van der Waals surface area contributed by atoms with Gasteiger partial charge in [0.25, 0.3) is 5.69 Å². The lowest BCUT2D eigenvalue weighted by atomic mass is 9.71. The molecule has 0 fully saturated rings. The SMILES string of the molecule is COC(=O)C1=C(C)NC2=C(C(=O)C[C@@H](c3ccc(OC)cc3)C2)[C@@H]1c1cccc([N+](=O)[O-])c1. The number of rotatable bonds is 5. The molecule has 0 unspecified atom stereocenters. The lowest BCUT2D eigenvalue weighted by Crippen LogP contribution is -2.36. The molecule has 8 nitrogen and oxygen atoms in total. The molecule has 170 valence electrons. The van der Waals surface area contributed by atoms with E-state index >= 15 is 0 Å². The summed E-state index contributed by atoms with van der Waals surface area (Å²) in [7, 11) is 2.88. The third-order valence-electron chi connectivity index (χ3n) is 6.23. The van der Waals surface area contributed by atoms with Crippen molar-refractivity contribution in [2.24, 2.45) is 0 Å². The zero-order chi connectivity index (χ0) is 23.7. The second kappa shape index (κ2) is 8.90. The van der Waals surface area contributed by atoms with E-state index in [1.165, 1.54) is 19.2 Å². The molecule has 2 atom stereocenters. The van der Waals surface area contributed by atoms with Crippen LogP contribution in [0.15, 0.2) is 71.1 Å². The fraction of sp³-hybridized carbons (Fsp3) is 0.280. The van der Waals surface area contributed by atoms with Crippen LogP contribution in [-0.2, 0) is 14.3 Å². The van der Waals surface area contributed by atoms with Crippen LogP contribution in [0.2, 0.25) is 0 Å². The van der Waals surface area contributed by atoms with Crippen molar-refractivity contribution in [1.82, 2.24) is 5.32 Å². The maximum atomic E-state index is 13.5. The fourth-order valence-corrected chi connectivity index (χ4v) is 4.68. The van der Waals surface area contributed by atoms with E-state index in [2.05, 4.69) is 5.32 Å². The summed E-state index contributed by atoms with van der Waals surface area (Å²) in [5, 5.41) is 14.6. The number of Topliss-reactive ketones (excluding diaryl/α,β-unsaturated/α-hetero) is 1. The molecule has 1 aliphatic carbocycles. The van der Waals surface area contributed by atoms with Crippen molar-refractivity contribution in [3.8, 4) is 5.75 Å². The molecule has 1 aliphatic heterocycles. The summed E-state index contributed by atoms with van der Waals surface area (Å²) in [5.74, 6) is -0.710. The molecule has 0 bridgehead atoms. The minimum absolute atomic E-state index is 0.0344. The molecule has 4 rings (SSSR count). The lowest BCUT2D eigenvalue weighted by molar-refractivity contribution is -0.384. The molecule has 2 aliphatic rings. The molecule has 33 heavy (non-hydrogen) atoms. The third kappa shape index (κ3) is 4.11. The zero-order valence-corrected chi connectivity index (χ0v) is 18.6. The minimum Gasteiger partial charge on any atom is -0.497 e. The van der Waals surface area contributed by atoms with Crippen molar-refractivity contribution >= 4 is 17.4 Å². The van der Waals surface area contributed by atoms with Crippen LogP contribution in [0.25, 0.3) is 0 Å². The van der Waals surface area contributed by atoms with Crippen LogP contribution < -0.4 is 10.1 Å². The molecule has 1 N–H and O–H groups in total. The largest absolute Gasteiger partial charge is 0.497 e. The van der Waals surface area contributed by atoms with Crippen molar-refractivity contribution in [2.75, 3.05) is 14.2 Å². The van der Waals surface area contributed by atoms with E-state index in [0.29, 0.717) is 23.3 Å². The first-order chi connectivity index (χ1) is 15.8. The number of nitrogens with zero attached hydrogens (tertiary/aromatic N) is 1. The van der Waals surface area contributed by atoms with Crippen LogP contribution in [0.3, 0.4) is 0 Å². The van der Waals surface area contributed by atoms with E-state index in [4.69, 9.17) is 9.47 Å². The molecular formula is C25H24N2O6. The van der Waals surface area contributed by atoms with Crippen molar-refractivity contribution in [3.63, 3.8) is 0 Å². The number of nitrogens with one attached hydrogen (secondary N) is 1. The van der Waals surface area contributed by atoms with Crippen molar-refractivity contribution in [1.29, 1.82) is 0 Å². The lowest BCUT2D eigenvalue weighted by Gasteiger charge is -2.36. The van der Waals surface area contributed by atoms with Crippen LogP contribution in [-0.4, -0.2) is 30.9 Å². The van der Waals surface area contributed by atoms with Crippen molar-refractivity contribution in [3.05, 3.63) is 92.3 Å². The first-order valence-electron chi connectivity index (χ1n) is 10.5. The molecule has 0 spiro atoms. The summed E-state index contributed by atoms with van der Waals surface area (Å²) < 4.78 is 10.2. The topological polar surface area (TPSA) is 108 Å². The Balaban J connectivity index is 1.80. The number of carbonyl (C=O) groups excluding carboxylic acids is 2. The first kappa shape index (κ1) is 22.3. The van der Waals surface area contributed by atoms with Gasteiger partial charge in [-0.05, 0) is 42.5 Å². The molecule has 0 saturated heterocycles. The van der Waals surface area contributed by atoms with Gasteiger partial charge in [-0.25, -0.2) is 4.79 Å². The van der Waals surface area contributed by atoms with Gasteiger partial charge < -0.3 is 14.8 Å². The summed E-state index contributed by atoms with van der Waals surface area (Å²) in [5.41, 5.74) is 3.47. The highest BCUT2D eigenvalue weighted by atomic mass is 16.6. The number of benzene rings is 2. The van der Waals surface area contributed by atoms with Crippen LogP contribution in [0.4, 0.5) is 5.69 Å². The summed E-state index contributed by atoms with van der Waals surface area (Å²) in [4.78, 5) is 37.1. The Morgan fingerprint density at radius 3 is 2.45 bits per heavy atom. The Morgan fingerprint density at radius 1 is 1.09 bits per heavy atom. The number of esters is 1. The van der Waals surface area contributed by atoms with Gasteiger partial charge in [-0.15, -0.1) is 0 Å². The number of hydrogen-bond acceptors (Lipinski definition) is 7. The van der Waals surface area contributed by atoms with Gasteiger partial charge in [0, 0.05) is 41.4 Å². The first-order valence-corrected chi connectivity index (χ1v) is 10.5. The molecule has 1 heterocycles. The Kier molecular flexibility index (Phi) is 6.00. The van der Waals surface area contributed by atoms with Gasteiger partial charge >= 0.3 is 5.97 Å². The van der Waals surface area contributed by atoms with Gasteiger partial charge in [0.05, 0.1) is 24.7 Å². The van der Waals surface area contributed by atoms with E-state index in [0.717, 1.165) is 17.0 Å². The van der Waals surface area contributed by atoms with Crippen LogP contribution >= 0.6 is 0 Å². The third-order valence-corrected chi connectivity index (χ3v) is 6.23. The molecule has 0 saturated carbocycles. The molecule has 2 aromatic rings. The zero-order valence-electron chi connectivity index (χ0n) is 18.6. The van der Waals surface area contributed by atoms with E-state index in [9.17, 15) is 19.7 Å². The highest BCUT2D eigenvalue weighted by Gasteiger charge is 2.41. The molecule has 0 amide bonds. The number of ether oxygens (including phenoxy) is 2. The number of dihydropyridines is 1. The predicted octanol–water partition coefficient (Wildman–Crippen LogP) is 4.14. The van der Waals surface area contributed by atoms with Gasteiger partial charge in [-0.3, -0.25) is 14.9 Å². The molecule has 2 aromatic carbocycles.